The van der Waals surface area contributed by atoms with Crippen LogP contribution in [0, 0.1) is 5.92 Å². The van der Waals surface area contributed by atoms with Crippen molar-refractivity contribution >= 4 is 33.2 Å². The fourth-order valence-corrected chi connectivity index (χ4v) is 5.89. The first-order valence-corrected chi connectivity index (χ1v) is 12.1. The number of thioether (sulfide) groups is 1. The van der Waals surface area contributed by atoms with Gasteiger partial charge in [0.25, 0.3) is 0 Å². The molecule has 7 nitrogen and oxygen atoms in total. The van der Waals surface area contributed by atoms with Crippen LogP contribution in [-0.2, 0) is 34.5 Å². The summed E-state index contributed by atoms with van der Waals surface area (Å²) in [6.45, 7) is 3.92. The molecule has 1 saturated heterocycles. The van der Waals surface area contributed by atoms with Gasteiger partial charge in [0.1, 0.15) is 5.82 Å². The molecule has 1 aromatic carbocycles. The van der Waals surface area contributed by atoms with Gasteiger partial charge in [0.15, 0.2) is 15.0 Å². The topological polar surface area (TPSA) is 94.0 Å². The first-order valence-electron chi connectivity index (χ1n) is 9.42. The average molecular weight is 423 g/mol. The Morgan fingerprint density at radius 3 is 2.64 bits per heavy atom. The van der Waals surface area contributed by atoms with Crippen LogP contribution in [-0.4, -0.2) is 45.8 Å². The summed E-state index contributed by atoms with van der Waals surface area (Å²) in [6.07, 6.45) is 2.22. The lowest BCUT2D eigenvalue weighted by Gasteiger charge is -2.12. The number of nitrogens with zero attached hydrogens (tertiary/aromatic N) is 3. The summed E-state index contributed by atoms with van der Waals surface area (Å²) in [5, 5.41) is 11.6. The number of aryl methyl sites for hydroxylation is 1. The van der Waals surface area contributed by atoms with Gasteiger partial charge in [0, 0.05) is 19.2 Å². The number of rotatable bonds is 7. The minimum absolute atomic E-state index is 0.0950. The number of carbonyl (C=O) groups excluding carboxylic acids is 1. The fraction of sp³-hybridized carbons (Fsp3) is 0.526. The smallest absolute Gasteiger partial charge is 0.237 e. The second kappa shape index (κ2) is 8.65. The van der Waals surface area contributed by atoms with E-state index in [1.165, 1.54) is 17.3 Å². The van der Waals surface area contributed by atoms with Crippen LogP contribution in [0.15, 0.2) is 29.4 Å². The Balaban J connectivity index is 1.58. The Hall–Kier alpha value is -1.87. The van der Waals surface area contributed by atoms with Crippen molar-refractivity contribution in [1.29, 1.82) is 0 Å². The molecule has 1 fully saturated rings. The number of carbonyl (C=O) groups is 1. The predicted octanol–water partition coefficient (Wildman–Crippen LogP) is 2.47. The highest BCUT2D eigenvalue weighted by molar-refractivity contribution is 8.00. The molecule has 3 rings (SSSR count). The number of nitrogens with one attached hydrogen (secondary N) is 1. The Morgan fingerprint density at radius 1 is 1.32 bits per heavy atom. The molecule has 0 spiro atoms. The highest BCUT2D eigenvalue weighted by atomic mass is 32.2. The first kappa shape index (κ1) is 20.9. The summed E-state index contributed by atoms with van der Waals surface area (Å²) in [7, 11) is -1.05. The maximum absolute atomic E-state index is 12.5. The second-order valence-corrected chi connectivity index (χ2v) is 10.8. The van der Waals surface area contributed by atoms with Crippen LogP contribution in [0.2, 0.25) is 0 Å². The van der Waals surface area contributed by atoms with E-state index >= 15 is 0 Å². The van der Waals surface area contributed by atoms with Crippen LogP contribution in [0.3, 0.4) is 0 Å². The van der Waals surface area contributed by atoms with Crippen molar-refractivity contribution in [3.8, 4) is 0 Å². The van der Waals surface area contributed by atoms with E-state index in [-0.39, 0.29) is 28.6 Å². The molecular formula is C19H26N4O3S2. The Morgan fingerprint density at radius 2 is 2.04 bits per heavy atom. The maximum atomic E-state index is 12.5. The summed E-state index contributed by atoms with van der Waals surface area (Å²) in [5.74, 6) is 1.23. The molecule has 0 unspecified atom stereocenters. The third kappa shape index (κ3) is 5.14. The first-order chi connectivity index (χ1) is 13.3. The van der Waals surface area contributed by atoms with Gasteiger partial charge in [-0.1, -0.05) is 30.8 Å². The summed E-state index contributed by atoms with van der Waals surface area (Å²) in [4.78, 5) is 12.5. The van der Waals surface area contributed by atoms with Crippen LogP contribution in [0.5, 0.6) is 0 Å². The molecule has 1 aliphatic heterocycles. The van der Waals surface area contributed by atoms with Gasteiger partial charge in [-0.3, -0.25) is 4.79 Å². The molecule has 0 saturated carbocycles. The highest BCUT2D eigenvalue weighted by Crippen LogP contribution is 2.26. The summed E-state index contributed by atoms with van der Waals surface area (Å²) in [6, 6.07) is 7.82. The molecule has 1 N–H and O–H groups in total. The molecule has 1 aliphatic rings. The van der Waals surface area contributed by atoms with Gasteiger partial charge in [-0.05, 0) is 43.4 Å². The van der Waals surface area contributed by atoms with E-state index in [4.69, 9.17) is 0 Å². The van der Waals surface area contributed by atoms with Crippen LogP contribution >= 0.6 is 11.8 Å². The number of hydrogen-bond acceptors (Lipinski definition) is 6. The highest BCUT2D eigenvalue weighted by Gasteiger charge is 2.29. The minimum Gasteiger partial charge on any atom is -0.325 e. The lowest BCUT2D eigenvalue weighted by atomic mass is 10.1. The SMILES string of the molecule is CCc1ccc(NC(=O)[C@H](C)Sc2nnc(C[C@H]3CCS(=O)(=O)C3)n2C)cc1. The van der Waals surface area contributed by atoms with E-state index < -0.39 is 9.84 Å². The largest absolute Gasteiger partial charge is 0.325 e. The van der Waals surface area contributed by atoms with Crippen molar-refractivity contribution in [2.75, 3.05) is 16.8 Å². The number of aromatic nitrogens is 3. The van der Waals surface area contributed by atoms with E-state index in [9.17, 15) is 13.2 Å². The van der Waals surface area contributed by atoms with Gasteiger partial charge < -0.3 is 9.88 Å². The standard InChI is InChI=1S/C19H26N4O3S2/c1-4-14-5-7-16(8-6-14)20-18(24)13(2)27-19-22-21-17(23(19)3)11-15-9-10-28(25,26)12-15/h5-8,13,15H,4,9-12H2,1-3H3,(H,20,24)/t13-,15+/m0/s1. The lowest BCUT2D eigenvalue weighted by Crippen LogP contribution is -2.22. The molecule has 1 aromatic heterocycles. The van der Waals surface area contributed by atoms with Crippen LogP contribution in [0.25, 0.3) is 0 Å². The van der Waals surface area contributed by atoms with E-state index in [1.807, 2.05) is 42.8 Å². The lowest BCUT2D eigenvalue weighted by molar-refractivity contribution is -0.115. The number of hydrogen-bond donors (Lipinski definition) is 1. The Bertz CT molecular complexity index is 939. The Labute approximate surface area is 170 Å². The molecule has 2 aromatic rings. The van der Waals surface area contributed by atoms with E-state index in [0.29, 0.717) is 18.0 Å². The van der Waals surface area contributed by atoms with Crippen molar-refractivity contribution in [3.05, 3.63) is 35.7 Å². The number of sulfone groups is 1. The zero-order valence-electron chi connectivity index (χ0n) is 16.4. The molecule has 2 heterocycles. The van der Waals surface area contributed by atoms with Gasteiger partial charge in [-0.15, -0.1) is 10.2 Å². The molecular weight excluding hydrogens is 396 g/mol. The molecule has 1 amide bonds. The van der Waals surface area contributed by atoms with Gasteiger partial charge in [-0.2, -0.15) is 0 Å². The Kier molecular flexibility index (Phi) is 6.44. The third-order valence-electron chi connectivity index (χ3n) is 5.00. The predicted molar refractivity (Wildman–Crippen MR) is 111 cm³/mol. The van der Waals surface area contributed by atoms with E-state index in [2.05, 4.69) is 22.4 Å². The normalized spacial score (nSPS) is 19.5. The van der Waals surface area contributed by atoms with Gasteiger partial charge in [0.2, 0.25) is 5.91 Å². The zero-order chi connectivity index (χ0) is 20.3. The monoisotopic (exact) mass is 422 g/mol. The van der Waals surface area contributed by atoms with Crippen LogP contribution in [0.4, 0.5) is 5.69 Å². The molecule has 0 bridgehead atoms. The molecule has 152 valence electrons. The number of anilines is 1. The maximum Gasteiger partial charge on any atom is 0.237 e. The molecule has 9 heteroatoms. The number of benzene rings is 1. The van der Waals surface area contributed by atoms with Crippen LogP contribution < -0.4 is 5.32 Å². The van der Waals surface area contributed by atoms with Crippen molar-refractivity contribution in [2.45, 2.75) is 43.5 Å². The minimum atomic E-state index is -2.90. The van der Waals surface area contributed by atoms with Gasteiger partial charge in [0.05, 0.1) is 16.8 Å². The number of amides is 1. The molecule has 2 atom stereocenters. The fourth-order valence-electron chi connectivity index (χ4n) is 3.20. The zero-order valence-corrected chi connectivity index (χ0v) is 18.0. The van der Waals surface area contributed by atoms with E-state index in [0.717, 1.165) is 17.9 Å². The van der Waals surface area contributed by atoms with Gasteiger partial charge in [-0.25, -0.2) is 8.42 Å². The summed E-state index contributed by atoms with van der Waals surface area (Å²) < 4.78 is 25.1. The van der Waals surface area contributed by atoms with Crippen LogP contribution in [0.1, 0.15) is 31.7 Å². The summed E-state index contributed by atoms with van der Waals surface area (Å²) in [5.41, 5.74) is 2.00. The van der Waals surface area contributed by atoms with E-state index in [1.54, 1.807) is 0 Å². The van der Waals surface area contributed by atoms with Crippen molar-refractivity contribution in [2.24, 2.45) is 13.0 Å². The third-order valence-corrected chi connectivity index (χ3v) is 7.98. The molecule has 0 radical (unpaired) electrons. The molecule has 0 aliphatic carbocycles. The second-order valence-electron chi connectivity index (χ2n) is 7.23. The summed E-state index contributed by atoms with van der Waals surface area (Å²) >= 11 is 1.34. The average Bonchev–Trinajstić information content (AvgIpc) is 3.18. The molecule has 28 heavy (non-hydrogen) atoms. The van der Waals surface area contributed by atoms with Crippen molar-refractivity contribution in [1.82, 2.24) is 14.8 Å². The quantitative estimate of drug-likeness (QED) is 0.689. The van der Waals surface area contributed by atoms with Crippen molar-refractivity contribution < 1.29 is 13.2 Å². The van der Waals surface area contributed by atoms with Crippen molar-refractivity contribution in [3.63, 3.8) is 0 Å². The van der Waals surface area contributed by atoms with Gasteiger partial charge >= 0.3 is 0 Å².